The number of benzene rings is 2. The van der Waals surface area contributed by atoms with E-state index >= 15 is 0 Å². The molecule has 0 spiro atoms. The molecule has 0 atom stereocenters. The van der Waals surface area contributed by atoms with Crippen molar-refractivity contribution in [3.63, 3.8) is 0 Å². The molecule has 120 valence electrons. The lowest BCUT2D eigenvalue weighted by atomic mass is 10.2. The van der Waals surface area contributed by atoms with Crippen LogP contribution in [0.25, 0.3) is 10.9 Å². The van der Waals surface area contributed by atoms with Crippen molar-refractivity contribution in [2.45, 2.75) is 5.03 Å². The van der Waals surface area contributed by atoms with Crippen LogP contribution in [0.2, 0.25) is 0 Å². The van der Waals surface area contributed by atoms with E-state index in [1.165, 1.54) is 11.8 Å². The first-order valence-electron chi connectivity index (χ1n) is 7.27. The monoisotopic (exact) mass is 399 g/mol. The third kappa shape index (κ3) is 4.66. The van der Waals surface area contributed by atoms with E-state index in [1.54, 1.807) is 6.21 Å². The van der Waals surface area contributed by atoms with Crippen LogP contribution in [0.15, 0.2) is 75.3 Å². The number of hydrazone groups is 1. The number of amides is 1. The van der Waals surface area contributed by atoms with Crippen LogP contribution in [0.4, 0.5) is 0 Å². The Kier molecular flexibility index (Phi) is 5.61. The molecule has 0 unspecified atom stereocenters. The summed E-state index contributed by atoms with van der Waals surface area (Å²) < 4.78 is 1.00. The molecule has 0 bridgehead atoms. The van der Waals surface area contributed by atoms with Gasteiger partial charge in [-0.3, -0.25) is 4.79 Å². The topological polar surface area (TPSA) is 54.4 Å². The third-order valence-electron chi connectivity index (χ3n) is 3.20. The Hall–Kier alpha value is -2.18. The number of hydrogen-bond donors (Lipinski definition) is 1. The molecule has 1 heterocycles. The van der Waals surface area contributed by atoms with Crippen LogP contribution in [0, 0.1) is 0 Å². The largest absolute Gasteiger partial charge is 0.272 e. The van der Waals surface area contributed by atoms with Crippen LogP contribution in [0.5, 0.6) is 0 Å². The summed E-state index contributed by atoms with van der Waals surface area (Å²) in [5.41, 5.74) is 4.37. The molecule has 6 heteroatoms. The van der Waals surface area contributed by atoms with Crippen LogP contribution in [-0.4, -0.2) is 22.9 Å². The molecule has 0 aliphatic rings. The number of fused-ring (bicyclic) bond motifs is 1. The van der Waals surface area contributed by atoms with Gasteiger partial charge in [-0.15, -0.1) is 0 Å². The molecule has 4 nitrogen and oxygen atoms in total. The first-order valence-corrected chi connectivity index (χ1v) is 9.05. The zero-order chi connectivity index (χ0) is 16.8. The molecule has 0 saturated carbocycles. The summed E-state index contributed by atoms with van der Waals surface area (Å²) in [6.07, 6.45) is 1.61. The molecular formula is C18H14BrN3OS. The number of pyridine rings is 1. The molecule has 3 rings (SSSR count). The van der Waals surface area contributed by atoms with Crippen LogP contribution in [0.1, 0.15) is 5.56 Å². The molecule has 3 aromatic rings. The summed E-state index contributed by atoms with van der Waals surface area (Å²) in [5, 5.41) is 5.87. The van der Waals surface area contributed by atoms with Gasteiger partial charge in [0.05, 0.1) is 22.5 Å². The molecule has 0 fully saturated rings. The number of carbonyl (C=O) groups excluding carboxylic acids is 1. The highest BCUT2D eigenvalue weighted by Gasteiger charge is 2.03. The normalized spacial score (nSPS) is 11.0. The Balaban J connectivity index is 1.52. The molecule has 0 aliphatic carbocycles. The van der Waals surface area contributed by atoms with Crippen LogP contribution >= 0.6 is 27.7 Å². The number of hydrogen-bond acceptors (Lipinski definition) is 4. The lowest BCUT2D eigenvalue weighted by Crippen LogP contribution is -2.19. The smallest absolute Gasteiger partial charge is 0.250 e. The number of para-hydroxylation sites is 1. The van der Waals surface area contributed by atoms with E-state index < -0.39 is 0 Å². The zero-order valence-corrected chi connectivity index (χ0v) is 15.0. The standard InChI is InChI=1S/C18H14BrN3OS/c19-15-8-5-13(6-9-15)11-20-22-17(23)12-24-18-10-7-14-3-1-2-4-16(14)21-18/h1-11H,12H2,(H,22,23). The average Bonchev–Trinajstić information content (AvgIpc) is 2.61. The fourth-order valence-corrected chi connectivity index (χ4v) is 2.96. The van der Waals surface area contributed by atoms with E-state index in [1.807, 2.05) is 60.7 Å². The number of carbonyl (C=O) groups is 1. The first-order chi connectivity index (χ1) is 11.7. The van der Waals surface area contributed by atoms with Crippen molar-refractivity contribution in [1.82, 2.24) is 10.4 Å². The highest BCUT2D eigenvalue weighted by Crippen LogP contribution is 2.19. The third-order valence-corrected chi connectivity index (χ3v) is 4.66. The lowest BCUT2D eigenvalue weighted by molar-refractivity contribution is -0.118. The molecule has 1 aromatic heterocycles. The summed E-state index contributed by atoms with van der Waals surface area (Å²) in [4.78, 5) is 16.4. The van der Waals surface area contributed by atoms with Crippen molar-refractivity contribution in [3.05, 3.63) is 70.7 Å². The Morgan fingerprint density at radius 3 is 2.75 bits per heavy atom. The number of aromatic nitrogens is 1. The number of nitrogens with one attached hydrogen (secondary N) is 1. The number of nitrogens with zero attached hydrogens (tertiary/aromatic N) is 2. The van der Waals surface area contributed by atoms with E-state index in [9.17, 15) is 4.79 Å². The Bertz CT molecular complexity index is 881. The van der Waals surface area contributed by atoms with Gasteiger partial charge in [0.15, 0.2) is 0 Å². The van der Waals surface area contributed by atoms with Gasteiger partial charge in [-0.25, -0.2) is 10.4 Å². The number of halogens is 1. The molecule has 0 radical (unpaired) electrons. The molecule has 0 aliphatic heterocycles. The minimum absolute atomic E-state index is 0.164. The van der Waals surface area contributed by atoms with Crippen LogP contribution in [0.3, 0.4) is 0 Å². The van der Waals surface area contributed by atoms with Crippen molar-refractivity contribution in [2.75, 3.05) is 5.75 Å². The quantitative estimate of drug-likeness (QED) is 0.396. The van der Waals surface area contributed by atoms with E-state index in [0.29, 0.717) is 0 Å². The number of rotatable bonds is 5. The van der Waals surface area contributed by atoms with Gasteiger partial charge in [-0.2, -0.15) is 5.10 Å². The van der Waals surface area contributed by atoms with Gasteiger partial charge in [0.2, 0.25) is 5.91 Å². The maximum Gasteiger partial charge on any atom is 0.250 e. The molecule has 1 N–H and O–H groups in total. The van der Waals surface area contributed by atoms with Gasteiger partial charge in [0, 0.05) is 9.86 Å². The second-order valence-electron chi connectivity index (χ2n) is 4.98. The zero-order valence-electron chi connectivity index (χ0n) is 12.6. The second-order valence-corrected chi connectivity index (χ2v) is 6.89. The van der Waals surface area contributed by atoms with E-state index in [-0.39, 0.29) is 11.7 Å². The highest BCUT2D eigenvalue weighted by atomic mass is 79.9. The molecular weight excluding hydrogens is 386 g/mol. The van der Waals surface area contributed by atoms with Gasteiger partial charge < -0.3 is 0 Å². The molecule has 24 heavy (non-hydrogen) atoms. The summed E-state index contributed by atoms with van der Waals surface area (Å²) in [5.74, 6) is 0.103. The number of thioether (sulfide) groups is 1. The van der Waals surface area contributed by atoms with Crippen LogP contribution < -0.4 is 5.43 Å². The summed E-state index contributed by atoms with van der Waals surface area (Å²) in [6.45, 7) is 0. The SMILES string of the molecule is O=C(CSc1ccc2ccccc2n1)NN=Cc1ccc(Br)cc1. The maximum atomic E-state index is 11.8. The molecule has 0 saturated heterocycles. The van der Waals surface area contributed by atoms with Crippen molar-refractivity contribution in [3.8, 4) is 0 Å². The minimum atomic E-state index is -0.164. The van der Waals surface area contributed by atoms with E-state index in [2.05, 4.69) is 31.4 Å². The van der Waals surface area contributed by atoms with Gasteiger partial charge in [0.25, 0.3) is 0 Å². The van der Waals surface area contributed by atoms with E-state index in [4.69, 9.17) is 0 Å². The highest BCUT2D eigenvalue weighted by molar-refractivity contribution is 9.10. The van der Waals surface area contributed by atoms with Gasteiger partial charge in [-0.1, -0.05) is 64.1 Å². The van der Waals surface area contributed by atoms with Gasteiger partial charge in [-0.05, 0) is 29.8 Å². The van der Waals surface area contributed by atoms with Gasteiger partial charge in [0.1, 0.15) is 0 Å². The average molecular weight is 400 g/mol. The second kappa shape index (κ2) is 8.08. The summed E-state index contributed by atoms with van der Waals surface area (Å²) >= 11 is 4.76. The van der Waals surface area contributed by atoms with Gasteiger partial charge >= 0.3 is 0 Å². The Morgan fingerprint density at radius 2 is 1.92 bits per heavy atom. The molecule has 2 aromatic carbocycles. The van der Waals surface area contributed by atoms with Crippen LogP contribution in [-0.2, 0) is 4.79 Å². The lowest BCUT2D eigenvalue weighted by Gasteiger charge is -2.02. The predicted octanol–water partition coefficient (Wildman–Crippen LogP) is 4.24. The fourth-order valence-electron chi connectivity index (χ4n) is 2.03. The predicted molar refractivity (Wildman–Crippen MR) is 102 cm³/mol. The van der Waals surface area contributed by atoms with Crippen molar-refractivity contribution in [2.24, 2.45) is 5.10 Å². The van der Waals surface area contributed by atoms with Crippen molar-refractivity contribution in [1.29, 1.82) is 0 Å². The van der Waals surface area contributed by atoms with Crippen molar-refractivity contribution >= 4 is 50.7 Å². The maximum absolute atomic E-state index is 11.8. The minimum Gasteiger partial charge on any atom is -0.272 e. The Morgan fingerprint density at radius 1 is 1.12 bits per heavy atom. The first kappa shape index (κ1) is 16.7. The fraction of sp³-hybridized carbons (Fsp3) is 0.0556. The summed E-state index contributed by atoms with van der Waals surface area (Å²) in [7, 11) is 0. The van der Waals surface area contributed by atoms with E-state index in [0.717, 1.165) is 26.0 Å². The Labute approximate surface area is 152 Å². The van der Waals surface area contributed by atoms with Crippen molar-refractivity contribution < 1.29 is 4.79 Å². The molecule has 1 amide bonds. The summed E-state index contributed by atoms with van der Waals surface area (Å²) in [6, 6.07) is 19.5.